The first-order valence-electron chi connectivity index (χ1n) is 13.8. The molecule has 0 spiro atoms. The van der Waals surface area contributed by atoms with E-state index in [2.05, 4.69) is 39.9 Å². The lowest BCUT2D eigenvalue weighted by Crippen LogP contribution is -2.36. The normalized spacial score (nSPS) is 11.8. The summed E-state index contributed by atoms with van der Waals surface area (Å²) in [5.74, 6) is -1.67. The molecule has 5 aromatic rings. The molecule has 0 fully saturated rings. The average molecular weight is 797 g/mol. The van der Waals surface area contributed by atoms with Gasteiger partial charge >= 0.3 is 5.97 Å². The van der Waals surface area contributed by atoms with E-state index in [9.17, 15) is 22.9 Å². The minimum absolute atomic E-state index is 0.00978. The Balaban J connectivity index is 1.42. The number of azo groups is 1. The van der Waals surface area contributed by atoms with Crippen LogP contribution in [0.15, 0.2) is 97.1 Å². The summed E-state index contributed by atoms with van der Waals surface area (Å²) in [6.45, 7) is 0.441. The Morgan fingerprint density at radius 2 is 1.88 bits per heavy atom. The molecule has 0 unspecified atom stereocenters. The maximum Gasteiger partial charge on any atom is 0.341 e. The van der Waals surface area contributed by atoms with Crippen LogP contribution < -0.4 is 9.88 Å². The number of aromatic hydroxyl groups is 1. The number of aromatic nitrogens is 4. The standard InChI is InChI=1S/C28H22ClN7O11S4/c1-48-28-32-26(29)31-27(33-28)30-20-13-19(51(41,42)43)10-16-11-21(50-47-45-40)23(24(37)22(16)20)35-34-17-5-2-6-18(12-17)49-46-44-9-8-36-7-3-4-15(14-36)25(38)39/h2-7,10-14H,8-9H2,1H3,(H4-,30,31,32,33,34,37,38,39,40,41,42,43)/p+1. The number of anilines is 2. The smallest absolute Gasteiger partial charge is 0.341 e. The van der Waals surface area contributed by atoms with Gasteiger partial charge in [-0.25, -0.2) is 19.5 Å². The molecule has 0 aliphatic heterocycles. The van der Waals surface area contributed by atoms with Gasteiger partial charge in [-0.1, -0.05) is 22.9 Å². The van der Waals surface area contributed by atoms with Crippen molar-refractivity contribution in [3.05, 3.63) is 77.8 Å². The molecule has 51 heavy (non-hydrogen) atoms. The van der Waals surface area contributed by atoms with Crippen LogP contribution in [0.5, 0.6) is 5.75 Å². The molecule has 0 saturated carbocycles. The number of phenols is 1. The van der Waals surface area contributed by atoms with E-state index in [0.717, 1.165) is 35.9 Å². The fourth-order valence-corrected chi connectivity index (χ4v) is 6.35. The third-order valence-corrected chi connectivity index (χ3v) is 9.17. The molecule has 18 nitrogen and oxygen atoms in total. The molecule has 5 N–H and O–H groups in total. The number of pyridine rings is 1. The number of phenolic OH excluding ortho intramolecular Hbond substituents is 1. The molecule has 0 atom stereocenters. The summed E-state index contributed by atoms with van der Waals surface area (Å²) in [5, 5.41) is 44.5. The monoisotopic (exact) mass is 796 g/mol. The van der Waals surface area contributed by atoms with Crippen molar-refractivity contribution in [1.29, 1.82) is 0 Å². The highest BCUT2D eigenvalue weighted by molar-refractivity contribution is 7.98. The SMILES string of the molecule is CSc1nc(Cl)nc(Nc2cc(S(=O)(=O)O)cc3cc(SOOO)c(N=Nc4cccc(SOOCC[n+]5cccc(C(=O)O)c5)c4)c(O)c23)n1. The Hall–Kier alpha value is -4.20. The molecule has 0 saturated heterocycles. The quantitative estimate of drug-likeness (QED) is 0.0103. The first-order chi connectivity index (χ1) is 24.4. The zero-order valence-electron chi connectivity index (χ0n) is 25.6. The molecule has 0 amide bonds. The first-order valence-corrected chi connectivity index (χ1v) is 18.4. The number of carbonyl (C=O) groups is 1. The topological polar surface area (TPSA) is 248 Å². The second-order valence-electron chi connectivity index (χ2n) is 9.69. The molecular weight excluding hydrogens is 774 g/mol. The highest BCUT2D eigenvalue weighted by Gasteiger charge is 2.22. The van der Waals surface area contributed by atoms with Gasteiger partial charge in [0.2, 0.25) is 11.2 Å². The van der Waals surface area contributed by atoms with Gasteiger partial charge in [-0.3, -0.25) is 4.55 Å². The van der Waals surface area contributed by atoms with Gasteiger partial charge in [0.25, 0.3) is 10.1 Å². The van der Waals surface area contributed by atoms with Gasteiger partial charge in [-0.15, -0.1) is 9.45 Å². The average Bonchev–Trinajstić information content (AvgIpc) is 3.09. The van der Waals surface area contributed by atoms with Crippen LogP contribution in [-0.2, 0) is 35.3 Å². The Labute approximate surface area is 305 Å². The first kappa shape index (κ1) is 38.0. The molecular formula is C28H23ClN7O11S4+. The summed E-state index contributed by atoms with van der Waals surface area (Å²) in [6, 6.07) is 13.1. The maximum absolute atomic E-state index is 12.2. The number of fused-ring (bicyclic) bond motifs is 1. The predicted octanol–water partition coefficient (Wildman–Crippen LogP) is 6.58. The molecule has 2 heterocycles. The molecule has 266 valence electrons. The number of thioether (sulfide) groups is 1. The van der Waals surface area contributed by atoms with Crippen LogP contribution in [0.3, 0.4) is 0 Å². The zero-order valence-corrected chi connectivity index (χ0v) is 29.6. The van der Waals surface area contributed by atoms with Crippen molar-refractivity contribution in [3.8, 4) is 5.75 Å². The second-order valence-corrected chi connectivity index (χ2v) is 13.7. The third kappa shape index (κ3) is 10.2. The number of benzene rings is 3. The number of carboxylic acid groups (broad SMARTS) is 1. The number of hydrogen-bond acceptors (Lipinski definition) is 18. The minimum atomic E-state index is -4.75. The molecule has 0 aliphatic rings. The molecule has 2 aromatic heterocycles. The lowest BCUT2D eigenvalue weighted by Gasteiger charge is -2.15. The fraction of sp³-hybridized carbons (Fsp3) is 0.107. The molecule has 0 radical (unpaired) electrons. The Bertz CT molecular complexity index is 2220. The molecule has 0 aliphatic carbocycles. The zero-order chi connectivity index (χ0) is 36.5. The van der Waals surface area contributed by atoms with Crippen molar-refractivity contribution in [2.24, 2.45) is 10.2 Å². The van der Waals surface area contributed by atoms with Gasteiger partial charge in [0.1, 0.15) is 17.9 Å². The second kappa shape index (κ2) is 17.3. The van der Waals surface area contributed by atoms with Crippen LogP contribution >= 0.6 is 47.4 Å². The molecule has 3 aromatic carbocycles. The maximum atomic E-state index is 12.2. The fourth-order valence-electron chi connectivity index (χ4n) is 4.25. The number of rotatable bonds is 16. The van der Waals surface area contributed by atoms with Gasteiger partial charge < -0.3 is 15.5 Å². The van der Waals surface area contributed by atoms with Crippen molar-refractivity contribution in [3.63, 3.8) is 0 Å². The van der Waals surface area contributed by atoms with E-state index >= 15 is 0 Å². The highest BCUT2D eigenvalue weighted by Crippen LogP contribution is 2.47. The van der Waals surface area contributed by atoms with Crippen LogP contribution in [0.1, 0.15) is 10.4 Å². The predicted molar refractivity (Wildman–Crippen MR) is 183 cm³/mol. The van der Waals surface area contributed by atoms with Crippen LogP contribution in [0.2, 0.25) is 5.28 Å². The number of hydrogen-bond donors (Lipinski definition) is 5. The Morgan fingerprint density at radius 3 is 2.63 bits per heavy atom. The van der Waals surface area contributed by atoms with Gasteiger partial charge in [-0.2, -0.15) is 32.8 Å². The summed E-state index contributed by atoms with van der Waals surface area (Å²) in [4.78, 5) is 28.5. The summed E-state index contributed by atoms with van der Waals surface area (Å²) < 4.78 is 45.6. The van der Waals surface area contributed by atoms with E-state index in [0.29, 0.717) is 29.2 Å². The molecule has 0 bridgehead atoms. The van der Waals surface area contributed by atoms with Gasteiger partial charge in [0, 0.05) is 16.3 Å². The largest absolute Gasteiger partial charge is 0.505 e. The summed E-state index contributed by atoms with van der Waals surface area (Å²) in [7, 11) is -4.75. The number of halogens is 1. The van der Waals surface area contributed by atoms with E-state index in [1.54, 1.807) is 47.4 Å². The van der Waals surface area contributed by atoms with Crippen molar-refractivity contribution in [1.82, 2.24) is 15.0 Å². The van der Waals surface area contributed by atoms with Crippen molar-refractivity contribution in [2.45, 2.75) is 26.4 Å². The van der Waals surface area contributed by atoms with E-state index in [1.807, 2.05) is 0 Å². The van der Waals surface area contributed by atoms with Crippen LogP contribution in [0.4, 0.5) is 23.0 Å². The third-order valence-electron chi connectivity index (χ3n) is 6.39. The molecule has 5 rings (SSSR count). The minimum Gasteiger partial charge on any atom is -0.505 e. The van der Waals surface area contributed by atoms with Gasteiger partial charge in [0.05, 0.1) is 45.3 Å². The summed E-state index contributed by atoms with van der Waals surface area (Å²) in [6.07, 6.45) is 4.86. The van der Waals surface area contributed by atoms with E-state index in [4.69, 9.17) is 31.2 Å². The number of nitrogens with zero attached hydrogens (tertiary/aromatic N) is 6. The number of carboxylic acids is 1. The van der Waals surface area contributed by atoms with Crippen LogP contribution in [-0.4, -0.2) is 62.2 Å². The van der Waals surface area contributed by atoms with Crippen LogP contribution in [0, 0.1) is 0 Å². The number of nitrogens with one attached hydrogen (secondary N) is 1. The lowest BCUT2D eigenvalue weighted by atomic mass is 10.1. The lowest BCUT2D eigenvalue weighted by molar-refractivity contribution is -0.700. The molecule has 23 heteroatoms. The van der Waals surface area contributed by atoms with Crippen molar-refractivity contribution in [2.75, 3.05) is 18.2 Å². The van der Waals surface area contributed by atoms with E-state index in [1.165, 1.54) is 18.3 Å². The summed E-state index contributed by atoms with van der Waals surface area (Å²) in [5.41, 5.74) is 0.188. The van der Waals surface area contributed by atoms with Gasteiger partial charge in [-0.05, 0) is 65.7 Å². The summed E-state index contributed by atoms with van der Waals surface area (Å²) >= 11 is 8.48. The van der Waals surface area contributed by atoms with Gasteiger partial charge in [0.15, 0.2) is 29.8 Å². The van der Waals surface area contributed by atoms with Crippen molar-refractivity contribution < 1.29 is 56.4 Å². The Morgan fingerprint density at radius 1 is 1.06 bits per heavy atom. The Kier molecular flexibility index (Phi) is 12.9. The van der Waals surface area contributed by atoms with E-state index in [-0.39, 0.29) is 55.6 Å². The van der Waals surface area contributed by atoms with Crippen molar-refractivity contribution >= 4 is 97.3 Å². The van der Waals surface area contributed by atoms with E-state index < -0.39 is 26.7 Å². The van der Waals surface area contributed by atoms with Crippen LogP contribution in [0.25, 0.3) is 10.8 Å². The highest BCUT2D eigenvalue weighted by atomic mass is 35.5. The number of aromatic carboxylic acids is 1.